The molecule has 0 unspecified atom stereocenters. The minimum absolute atomic E-state index is 0.367. The average molecular weight is 265 g/mol. The molecule has 0 heterocycles. The second kappa shape index (κ2) is 6.79. The van der Waals surface area contributed by atoms with Crippen molar-refractivity contribution in [2.45, 2.75) is 20.5 Å². The second-order valence-electron chi connectivity index (χ2n) is 4.72. The van der Waals surface area contributed by atoms with Gasteiger partial charge in [0.05, 0.1) is 6.54 Å². The molecule has 2 rings (SSSR count). The lowest BCUT2D eigenvalue weighted by Gasteiger charge is -2.11. The lowest BCUT2D eigenvalue weighted by Crippen LogP contribution is -2.00. The minimum atomic E-state index is 0.367. The minimum Gasteiger partial charge on any atom is -0.489 e. The van der Waals surface area contributed by atoms with Crippen LogP contribution in [-0.4, -0.2) is 6.54 Å². The van der Waals surface area contributed by atoms with Crippen molar-refractivity contribution in [2.75, 3.05) is 6.54 Å². The van der Waals surface area contributed by atoms with Crippen molar-refractivity contribution in [3.8, 4) is 17.6 Å². The Kier molecular flexibility index (Phi) is 4.81. The van der Waals surface area contributed by atoms with Crippen LogP contribution >= 0.6 is 0 Å². The maximum atomic E-state index is 5.93. The Balaban J connectivity index is 2.17. The van der Waals surface area contributed by atoms with Crippen molar-refractivity contribution in [1.82, 2.24) is 0 Å². The number of hydrogen-bond donors (Lipinski definition) is 1. The molecule has 2 N–H and O–H groups in total. The van der Waals surface area contributed by atoms with Crippen molar-refractivity contribution in [3.63, 3.8) is 0 Å². The lowest BCUT2D eigenvalue weighted by molar-refractivity contribution is 0.303. The summed E-state index contributed by atoms with van der Waals surface area (Å²) in [5, 5.41) is 0. The van der Waals surface area contributed by atoms with Crippen LogP contribution in [0.25, 0.3) is 0 Å². The summed E-state index contributed by atoms with van der Waals surface area (Å²) in [6.07, 6.45) is 0. The quantitative estimate of drug-likeness (QED) is 0.865. The fourth-order valence-electron chi connectivity index (χ4n) is 1.93. The molecule has 0 aliphatic heterocycles. The van der Waals surface area contributed by atoms with Crippen LogP contribution in [0.5, 0.6) is 5.75 Å². The van der Waals surface area contributed by atoms with E-state index in [1.165, 1.54) is 5.56 Å². The molecule has 102 valence electrons. The van der Waals surface area contributed by atoms with E-state index in [9.17, 15) is 0 Å². The van der Waals surface area contributed by atoms with Crippen molar-refractivity contribution < 1.29 is 4.74 Å². The van der Waals surface area contributed by atoms with Crippen molar-refractivity contribution >= 4 is 0 Å². The van der Waals surface area contributed by atoms with Gasteiger partial charge in [-0.3, -0.25) is 0 Å². The Hall–Kier alpha value is -2.24. The van der Waals surface area contributed by atoms with Crippen LogP contribution < -0.4 is 10.5 Å². The van der Waals surface area contributed by atoms with E-state index >= 15 is 0 Å². The van der Waals surface area contributed by atoms with E-state index in [0.717, 1.165) is 22.4 Å². The van der Waals surface area contributed by atoms with Gasteiger partial charge in [-0.1, -0.05) is 42.2 Å². The van der Waals surface area contributed by atoms with Crippen molar-refractivity contribution in [3.05, 3.63) is 64.7 Å². The van der Waals surface area contributed by atoms with Crippen LogP contribution in [0.1, 0.15) is 22.3 Å². The van der Waals surface area contributed by atoms with Crippen LogP contribution in [0.15, 0.2) is 42.5 Å². The molecule has 0 fully saturated rings. The number of hydrogen-bond acceptors (Lipinski definition) is 2. The maximum absolute atomic E-state index is 5.93. The first-order valence-electron chi connectivity index (χ1n) is 6.67. The molecular weight excluding hydrogens is 246 g/mol. The number of rotatable bonds is 3. The molecule has 0 aliphatic carbocycles. The van der Waals surface area contributed by atoms with Gasteiger partial charge in [-0.2, -0.15) is 0 Å². The number of nitrogens with two attached hydrogens (primary N) is 1. The Morgan fingerprint density at radius 3 is 2.70 bits per heavy atom. The standard InChI is InChI=1S/C18H19NO/c1-14-9-10-15(2)18(12-14)20-13-17-7-4-3-6-16(17)8-5-11-19/h3-4,6-7,9-10,12H,11,13,19H2,1-2H3. The second-order valence-corrected chi connectivity index (χ2v) is 4.72. The van der Waals surface area contributed by atoms with Crippen LogP contribution in [0.2, 0.25) is 0 Å². The molecule has 0 bridgehead atoms. The molecule has 0 atom stereocenters. The van der Waals surface area contributed by atoms with Gasteiger partial charge in [-0.15, -0.1) is 0 Å². The van der Waals surface area contributed by atoms with Gasteiger partial charge in [0.25, 0.3) is 0 Å². The molecular formula is C18H19NO. The molecule has 0 aromatic heterocycles. The van der Waals surface area contributed by atoms with Crippen LogP contribution in [-0.2, 0) is 6.61 Å². The largest absolute Gasteiger partial charge is 0.489 e. The highest BCUT2D eigenvalue weighted by atomic mass is 16.5. The summed E-state index contributed by atoms with van der Waals surface area (Å²) in [6.45, 7) is 4.99. The molecule has 0 spiro atoms. The third-order valence-corrected chi connectivity index (χ3v) is 3.07. The van der Waals surface area contributed by atoms with Crippen molar-refractivity contribution in [1.29, 1.82) is 0 Å². The molecule has 2 aromatic carbocycles. The number of aryl methyl sites for hydroxylation is 2. The van der Waals surface area contributed by atoms with Gasteiger partial charge in [0, 0.05) is 11.1 Å². The van der Waals surface area contributed by atoms with Gasteiger partial charge in [0.2, 0.25) is 0 Å². The summed E-state index contributed by atoms with van der Waals surface area (Å²) in [6, 6.07) is 14.2. The van der Waals surface area contributed by atoms with E-state index in [-0.39, 0.29) is 0 Å². The fraction of sp³-hybridized carbons (Fsp3) is 0.222. The highest BCUT2D eigenvalue weighted by molar-refractivity contribution is 5.42. The Bertz CT molecular complexity index is 650. The first-order chi connectivity index (χ1) is 9.70. The van der Waals surface area contributed by atoms with Gasteiger partial charge < -0.3 is 10.5 Å². The van der Waals surface area contributed by atoms with E-state index in [0.29, 0.717) is 13.2 Å². The number of ether oxygens (including phenoxy) is 1. The highest BCUT2D eigenvalue weighted by Crippen LogP contribution is 2.21. The first-order valence-corrected chi connectivity index (χ1v) is 6.67. The summed E-state index contributed by atoms with van der Waals surface area (Å²) in [5.74, 6) is 6.89. The number of benzene rings is 2. The normalized spacial score (nSPS) is 9.75. The fourth-order valence-corrected chi connectivity index (χ4v) is 1.93. The molecule has 0 amide bonds. The van der Waals surface area contributed by atoms with E-state index in [4.69, 9.17) is 10.5 Å². The topological polar surface area (TPSA) is 35.2 Å². The molecule has 2 aromatic rings. The first kappa shape index (κ1) is 14.2. The van der Waals surface area contributed by atoms with Crippen LogP contribution in [0, 0.1) is 25.7 Å². The molecule has 20 heavy (non-hydrogen) atoms. The van der Waals surface area contributed by atoms with E-state index < -0.39 is 0 Å². The molecule has 0 radical (unpaired) electrons. The average Bonchev–Trinajstić information content (AvgIpc) is 2.47. The molecule has 0 saturated carbocycles. The zero-order valence-corrected chi connectivity index (χ0v) is 11.9. The zero-order valence-electron chi connectivity index (χ0n) is 11.9. The maximum Gasteiger partial charge on any atom is 0.122 e. The van der Waals surface area contributed by atoms with E-state index in [2.05, 4.69) is 43.9 Å². The third-order valence-electron chi connectivity index (χ3n) is 3.07. The van der Waals surface area contributed by atoms with Gasteiger partial charge in [0.15, 0.2) is 0 Å². The van der Waals surface area contributed by atoms with Crippen molar-refractivity contribution in [2.24, 2.45) is 5.73 Å². The van der Waals surface area contributed by atoms with E-state index in [1.807, 2.05) is 24.3 Å². The Labute approximate surface area is 120 Å². The van der Waals surface area contributed by atoms with Gasteiger partial charge in [0.1, 0.15) is 12.4 Å². The zero-order chi connectivity index (χ0) is 14.4. The van der Waals surface area contributed by atoms with Gasteiger partial charge in [-0.05, 0) is 37.1 Å². The molecule has 0 aliphatic rings. The van der Waals surface area contributed by atoms with Crippen LogP contribution in [0.3, 0.4) is 0 Å². The lowest BCUT2D eigenvalue weighted by atomic mass is 10.1. The Morgan fingerprint density at radius 1 is 1.10 bits per heavy atom. The highest BCUT2D eigenvalue weighted by Gasteiger charge is 2.03. The van der Waals surface area contributed by atoms with Gasteiger partial charge >= 0.3 is 0 Å². The summed E-state index contributed by atoms with van der Waals surface area (Å²) >= 11 is 0. The van der Waals surface area contributed by atoms with Crippen LogP contribution in [0.4, 0.5) is 0 Å². The third kappa shape index (κ3) is 3.63. The predicted molar refractivity (Wildman–Crippen MR) is 82.6 cm³/mol. The SMILES string of the molecule is Cc1ccc(C)c(OCc2ccccc2C#CCN)c1. The molecule has 2 nitrogen and oxygen atoms in total. The summed E-state index contributed by atoms with van der Waals surface area (Å²) in [4.78, 5) is 0. The molecule has 0 saturated heterocycles. The predicted octanol–water partition coefficient (Wildman–Crippen LogP) is 3.19. The summed E-state index contributed by atoms with van der Waals surface area (Å²) in [5.41, 5.74) is 9.81. The summed E-state index contributed by atoms with van der Waals surface area (Å²) in [7, 11) is 0. The Morgan fingerprint density at radius 2 is 1.90 bits per heavy atom. The van der Waals surface area contributed by atoms with E-state index in [1.54, 1.807) is 0 Å². The smallest absolute Gasteiger partial charge is 0.122 e. The monoisotopic (exact) mass is 265 g/mol. The molecule has 2 heteroatoms. The van der Waals surface area contributed by atoms with Gasteiger partial charge in [-0.25, -0.2) is 0 Å². The summed E-state index contributed by atoms with van der Waals surface area (Å²) < 4.78 is 5.93.